The Morgan fingerprint density at radius 1 is 0.966 bits per heavy atom. The summed E-state index contributed by atoms with van der Waals surface area (Å²) in [5.74, 6) is 0.508. The van der Waals surface area contributed by atoms with Crippen LogP contribution in [0.2, 0.25) is 0 Å². The van der Waals surface area contributed by atoms with Crippen LogP contribution in [0, 0.1) is 0 Å². The third-order valence-corrected chi connectivity index (χ3v) is 4.48. The molecule has 0 unspecified atom stereocenters. The topological polar surface area (TPSA) is 61.4 Å². The largest absolute Gasteiger partial charge is 0.351 e. The van der Waals surface area contributed by atoms with Gasteiger partial charge in [-0.1, -0.05) is 48.5 Å². The summed E-state index contributed by atoms with van der Waals surface area (Å²) in [7, 11) is 4.03. The summed E-state index contributed by atoms with van der Waals surface area (Å²) in [5.41, 5.74) is 2.53. The molecule has 150 valence electrons. The average Bonchev–Trinajstić information content (AvgIpc) is 2.76. The van der Waals surface area contributed by atoms with E-state index < -0.39 is 0 Å². The van der Waals surface area contributed by atoms with Gasteiger partial charge in [0, 0.05) is 24.8 Å². The molecule has 1 aromatic heterocycles. The molecule has 0 bridgehead atoms. The number of benzene rings is 2. The van der Waals surface area contributed by atoms with E-state index in [4.69, 9.17) is 0 Å². The second-order valence-electron chi connectivity index (χ2n) is 7.08. The molecule has 0 spiro atoms. The van der Waals surface area contributed by atoms with Crippen LogP contribution < -0.4 is 10.2 Å². The van der Waals surface area contributed by atoms with E-state index in [0.717, 1.165) is 24.2 Å². The maximum Gasteiger partial charge on any atom is 0.270 e. The standard InChI is InChI=1S/C23H27N5O/c1-27(2)15-9-14-24-23(29)21-16-22(26-18-25-21)28(20-12-7-4-8-13-20)17-19-10-5-3-6-11-19/h3-8,10-13,16,18H,9,14-15,17H2,1-2H3,(H,24,29). The predicted octanol–water partition coefficient (Wildman–Crippen LogP) is 3.50. The number of carbonyl (C=O) groups is 1. The number of nitrogens with one attached hydrogen (secondary N) is 1. The molecule has 0 aliphatic heterocycles. The Labute approximate surface area is 172 Å². The van der Waals surface area contributed by atoms with Crippen LogP contribution in [-0.2, 0) is 6.54 Å². The molecule has 1 amide bonds. The number of nitrogens with zero attached hydrogens (tertiary/aromatic N) is 4. The first-order chi connectivity index (χ1) is 14.1. The number of carbonyl (C=O) groups excluding carboxylic acids is 1. The van der Waals surface area contributed by atoms with Gasteiger partial charge in [-0.25, -0.2) is 9.97 Å². The molecule has 2 aromatic carbocycles. The van der Waals surface area contributed by atoms with Crippen LogP contribution in [0.25, 0.3) is 0 Å². The molecule has 3 aromatic rings. The highest BCUT2D eigenvalue weighted by molar-refractivity contribution is 5.93. The Hall–Kier alpha value is -3.25. The Morgan fingerprint density at radius 3 is 2.34 bits per heavy atom. The zero-order valence-corrected chi connectivity index (χ0v) is 17.0. The highest BCUT2D eigenvalue weighted by Crippen LogP contribution is 2.25. The zero-order valence-electron chi connectivity index (χ0n) is 17.0. The summed E-state index contributed by atoms with van der Waals surface area (Å²) in [5, 5.41) is 2.94. The van der Waals surface area contributed by atoms with Crippen LogP contribution >= 0.6 is 0 Å². The Morgan fingerprint density at radius 2 is 1.66 bits per heavy atom. The predicted molar refractivity (Wildman–Crippen MR) is 116 cm³/mol. The van der Waals surface area contributed by atoms with Crippen LogP contribution in [0.15, 0.2) is 73.1 Å². The van der Waals surface area contributed by atoms with E-state index in [1.54, 1.807) is 6.07 Å². The van der Waals surface area contributed by atoms with Crippen molar-refractivity contribution in [2.24, 2.45) is 0 Å². The number of rotatable bonds is 9. The van der Waals surface area contributed by atoms with Gasteiger partial charge in [0.2, 0.25) is 0 Å². The molecule has 29 heavy (non-hydrogen) atoms. The first-order valence-corrected chi connectivity index (χ1v) is 9.75. The second kappa shape index (κ2) is 10.3. The van der Waals surface area contributed by atoms with Crippen molar-refractivity contribution in [3.8, 4) is 0 Å². The van der Waals surface area contributed by atoms with Gasteiger partial charge in [-0.15, -0.1) is 0 Å². The van der Waals surface area contributed by atoms with E-state index in [0.29, 0.717) is 24.6 Å². The van der Waals surface area contributed by atoms with Crippen molar-refractivity contribution in [1.82, 2.24) is 20.2 Å². The van der Waals surface area contributed by atoms with Crippen LogP contribution in [0.5, 0.6) is 0 Å². The number of para-hydroxylation sites is 1. The Bertz CT molecular complexity index is 899. The Kier molecular flexibility index (Phi) is 7.30. The van der Waals surface area contributed by atoms with Gasteiger partial charge in [0.05, 0.1) is 0 Å². The summed E-state index contributed by atoms with van der Waals surface area (Å²) >= 11 is 0. The molecule has 0 radical (unpaired) electrons. The number of amides is 1. The molecule has 0 saturated carbocycles. The minimum atomic E-state index is -0.180. The molecule has 6 heteroatoms. The van der Waals surface area contributed by atoms with Gasteiger partial charge >= 0.3 is 0 Å². The third kappa shape index (κ3) is 6.12. The van der Waals surface area contributed by atoms with Crippen molar-refractivity contribution in [1.29, 1.82) is 0 Å². The average molecular weight is 390 g/mol. The van der Waals surface area contributed by atoms with Crippen LogP contribution in [-0.4, -0.2) is 48.0 Å². The number of hydrogen-bond donors (Lipinski definition) is 1. The molecule has 0 aliphatic carbocycles. The lowest BCUT2D eigenvalue weighted by Gasteiger charge is -2.24. The molecule has 3 rings (SSSR count). The summed E-state index contributed by atoms with van der Waals surface area (Å²) in [6.07, 6.45) is 2.34. The summed E-state index contributed by atoms with van der Waals surface area (Å²) in [4.78, 5) is 25.3. The highest BCUT2D eigenvalue weighted by Gasteiger charge is 2.15. The van der Waals surface area contributed by atoms with Crippen molar-refractivity contribution in [2.75, 3.05) is 32.1 Å². The lowest BCUT2D eigenvalue weighted by molar-refractivity contribution is 0.0947. The quantitative estimate of drug-likeness (QED) is 0.568. The van der Waals surface area contributed by atoms with Gasteiger partial charge in [-0.2, -0.15) is 0 Å². The molecular formula is C23H27N5O. The lowest BCUT2D eigenvalue weighted by atomic mass is 10.2. The summed E-state index contributed by atoms with van der Waals surface area (Å²) < 4.78 is 0. The molecule has 6 nitrogen and oxygen atoms in total. The van der Waals surface area contributed by atoms with Crippen molar-refractivity contribution in [3.63, 3.8) is 0 Å². The van der Waals surface area contributed by atoms with Crippen molar-refractivity contribution >= 4 is 17.4 Å². The van der Waals surface area contributed by atoms with E-state index in [-0.39, 0.29) is 5.91 Å². The van der Waals surface area contributed by atoms with Gasteiger partial charge in [0.15, 0.2) is 0 Å². The van der Waals surface area contributed by atoms with Crippen LogP contribution in [0.1, 0.15) is 22.5 Å². The molecule has 0 saturated heterocycles. The van der Waals surface area contributed by atoms with Crippen molar-refractivity contribution < 1.29 is 4.79 Å². The molecule has 1 heterocycles. The van der Waals surface area contributed by atoms with Gasteiger partial charge in [0.1, 0.15) is 17.8 Å². The third-order valence-electron chi connectivity index (χ3n) is 4.48. The highest BCUT2D eigenvalue weighted by atomic mass is 16.1. The van der Waals surface area contributed by atoms with Gasteiger partial charge in [0.25, 0.3) is 5.91 Å². The zero-order chi connectivity index (χ0) is 20.5. The number of hydrogen-bond acceptors (Lipinski definition) is 5. The fourth-order valence-electron chi connectivity index (χ4n) is 2.99. The molecule has 0 fully saturated rings. The summed E-state index contributed by atoms with van der Waals surface area (Å²) in [6.45, 7) is 2.18. The maximum absolute atomic E-state index is 12.5. The monoisotopic (exact) mass is 389 g/mol. The molecular weight excluding hydrogens is 362 g/mol. The molecule has 0 atom stereocenters. The van der Waals surface area contributed by atoms with Crippen LogP contribution in [0.4, 0.5) is 11.5 Å². The number of aromatic nitrogens is 2. The van der Waals surface area contributed by atoms with Crippen LogP contribution in [0.3, 0.4) is 0 Å². The second-order valence-corrected chi connectivity index (χ2v) is 7.08. The van der Waals surface area contributed by atoms with Gasteiger partial charge in [-0.3, -0.25) is 4.79 Å². The van der Waals surface area contributed by atoms with E-state index in [1.165, 1.54) is 6.33 Å². The minimum Gasteiger partial charge on any atom is -0.351 e. The fourth-order valence-corrected chi connectivity index (χ4v) is 2.99. The first kappa shape index (κ1) is 20.5. The maximum atomic E-state index is 12.5. The molecule has 0 aliphatic rings. The van der Waals surface area contributed by atoms with E-state index in [1.807, 2.05) is 62.6 Å². The van der Waals surface area contributed by atoms with Crippen molar-refractivity contribution in [2.45, 2.75) is 13.0 Å². The van der Waals surface area contributed by atoms with E-state index in [2.05, 4.69) is 37.2 Å². The van der Waals surface area contributed by atoms with Crippen molar-refractivity contribution in [3.05, 3.63) is 84.3 Å². The van der Waals surface area contributed by atoms with Gasteiger partial charge < -0.3 is 15.1 Å². The van der Waals surface area contributed by atoms with E-state index >= 15 is 0 Å². The lowest BCUT2D eigenvalue weighted by Crippen LogP contribution is -2.28. The normalized spacial score (nSPS) is 10.7. The number of anilines is 2. The minimum absolute atomic E-state index is 0.180. The smallest absolute Gasteiger partial charge is 0.270 e. The SMILES string of the molecule is CN(C)CCCNC(=O)c1cc(N(Cc2ccccc2)c2ccccc2)ncn1. The van der Waals surface area contributed by atoms with Gasteiger partial charge in [-0.05, 0) is 44.8 Å². The first-order valence-electron chi connectivity index (χ1n) is 9.75. The molecule has 1 N–H and O–H groups in total. The Balaban J connectivity index is 1.79. The van der Waals surface area contributed by atoms with E-state index in [9.17, 15) is 4.79 Å². The summed E-state index contributed by atoms with van der Waals surface area (Å²) in [6, 6.07) is 22.0. The fraction of sp³-hybridized carbons (Fsp3) is 0.261.